The van der Waals surface area contributed by atoms with Crippen LogP contribution in [0.4, 0.5) is 11.4 Å². The molecule has 26 heavy (non-hydrogen) atoms. The third-order valence-corrected chi connectivity index (χ3v) is 4.22. The highest BCUT2D eigenvalue weighted by Gasteiger charge is 2.25. The van der Waals surface area contributed by atoms with E-state index < -0.39 is 0 Å². The summed E-state index contributed by atoms with van der Waals surface area (Å²) in [4.78, 5) is 28.6. The van der Waals surface area contributed by atoms with Crippen molar-refractivity contribution in [2.45, 2.75) is 33.1 Å². The molecule has 1 heterocycles. The van der Waals surface area contributed by atoms with Crippen molar-refractivity contribution in [3.8, 4) is 0 Å². The fourth-order valence-corrected chi connectivity index (χ4v) is 2.78. The molecule has 0 unspecified atom stereocenters. The van der Waals surface area contributed by atoms with Gasteiger partial charge in [0.2, 0.25) is 0 Å². The number of esters is 1. The molecule has 2 aromatic carbocycles. The Hall–Kier alpha value is -2.95. The van der Waals surface area contributed by atoms with Crippen molar-refractivity contribution in [2.75, 3.05) is 11.9 Å². The van der Waals surface area contributed by atoms with E-state index in [0.29, 0.717) is 23.6 Å². The Balaban J connectivity index is 1.74. The van der Waals surface area contributed by atoms with Crippen molar-refractivity contribution >= 4 is 29.0 Å². The van der Waals surface area contributed by atoms with Gasteiger partial charge in [0.15, 0.2) is 0 Å². The van der Waals surface area contributed by atoms with E-state index in [2.05, 4.69) is 17.2 Å². The fraction of sp³-hybridized carbons (Fsp3) is 0.286. The van der Waals surface area contributed by atoms with E-state index in [0.717, 1.165) is 36.1 Å². The van der Waals surface area contributed by atoms with E-state index in [-0.39, 0.29) is 11.9 Å². The number of aryl methyl sites for hydroxylation is 1. The second-order valence-electron chi connectivity index (χ2n) is 6.35. The molecule has 1 aliphatic heterocycles. The molecule has 134 valence electrons. The molecule has 0 aromatic heterocycles. The summed E-state index contributed by atoms with van der Waals surface area (Å²) >= 11 is 0. The Bertz CT molecular complexity index is 854. The summed E-state index contributed by atoms with van der Waals surface area (Å²) in [5.74, 6) is -0.551. The van der Waals surface area contributed by atoms with Crippen LogP contribution in [0.1, 0.15) is 47.7 Å². The summed E-state index contributed by atoms with van der Waals surface area (Å²) < 4.78 is 5.24. The maximum Gasteiger partial charge on any atom is 0.338 e. The molecule has 0 saturated heterocycles. The quantitative estimate of drug-likeness (QED) is 0.619. The van der Waals surface area contributed by atoms with Crippen molar-refractivity contribution in [1.29, 1.82) is 0 Å². The maximum atomic E-state index is 12.2. The molecular weight excluding hydrogens is 328 g/mol. The lowest BCUT2D eigenvalue weighted by molar-refractivity contribution is -0.110. The molecule has 0 bridgehead atoms. The largest absolute Gasteiger partial charge is 0.462 e. The van der Waals surface area contributed by atoms with Crippen LogP contribution in [0, 0.1) is 6.92 Å². The van der Waals surface area contributed by atoms with Crippen LogP contribution < -0.4 is 5.32 Å². The Labute approximate surface area is 153 Å². The van der Waals surface area contributed by atoms with E-state index in [9.17, 15) is 9.59 Å². The molecule has 1 aliphatic rings. The molecular formula is C21H22N2O3. The van der Waals surface area contributed by atoms with Gasteiger partial charge in [-0.15, -0.1) is 0 Å². The summed E-state index contributed by atoms with van der Waals surface area (Å²) in [6.45, 7) is 4.51. The molecule has 1 N–H and O–H groups in total. The number of anilines is 1. The van der Waals surface area contributed by atoms with Crippen molar-refractivity contribution in [3.63, 3.8) is 0 Å². The van der Waals surface area contributed by atoms with Crippen LogP contribution >= 0.6 is 0 Å². The summed E-state index contributed by atoms with van der Waals surface area (Å²) in [6, 6.07) is 12.5. The number of aliphatic imine (C=N–C) groups is 1. The van der Waals surface area contributed by atoms with Crippen LogP contribution in [0.3, 0.4) is 0 Å². The van der Waals surface area contributed by atoms with Crippen LogP contribution in [-0.2, 0) is 9.53 Å². The van der Waals surface area contributed by atoms with Crippen LogP contribution in [0.15, 0.2) is 47.5 Å². The third-order valence-electron chi connectivity index (χ3n) is 4.22. The van der Waals surface area contributed by atoms with Gasteiger partial charge < -0.3 is 10.1 Å². The number of amides is 1. The highest BCUT2D eigenvalue weighted by molar-refractivity contribution is 6.54. The van der Waals surface area contributed by atoms with Gasteiger partial charge in [-0.3, -0.25) is 4.79 Å². The minimum atomic E-state index is -0.333. The first-order chi connectivity index (χ1) is 12.6. The van der Waals surface area contributed by atoms with Gasteiger partial charge in [-0.25, -0.2) is 9.79 Å². The van der Waals surface area contributed by atoms with Crippen molar-refractivity contribution < 1.29 is 14.3 Å². The molecule has 5 heteroatoms. The van der Waals surface area contributed by atoms with Gasteiger partial charge in [0.1, 0.15) is 5.71 Å². The molecule has 2 aromatic rings. The van der Waals surface area contributed by atoms with Crippen molar-refractivity contribution in [3.05, 3.63) is 59.2 Å². The van der Waals surface area contributed by atoms with Crippen LogP contribution in [-0.4, -0.2) is 24.2 Å². The lowest BCUT2D eigenvalue weighted by Crippen LogP contribution is -2.13. The summed E-state index contributed by atoms with van der Waals surface area (Å²) in [5, 5.41) is 2.81. The number of hydrogen-bond donors (Lipinski definition) is 1. The summed E-state index contributed by atoms with van der Waals surface area (Å²) in [7, 11) is 0. The standard InChI is InChI=1S/C21H22N2O3/c1-3-4-5-12-26-21(25)15-7-9-16(10-8-15)22-19-17-13-14(2)6-11-18(17)23-20(19)24/h6-11,13H,3-5,12H2,1-2H3,(H,22,23,24). The lowest BCUT2D eigenvalue weighted by atomic mass is 10.1. The molecule has 0 radical (unpaired) electrons. The van der Waals surface area contributed by atoms with Gasteiger partial charge in [0.05, 0.1) is 23.5 Å². The Morgan fingerprint density at radius 1 is 1.12 bits per heavy atom. The topological polar surface area (TPSA) is 67.8 Å². The lowest BCUT2D eigenvalue weighted by Gasteiger charge is -2.05. The first-order valence-corrected chi connectivity index (χ1v) is 8.86. The third kappa shape index (κ3) is 3.99. The number of nitrogens with zero attached hydrogens (tertiary/aromatic N) is 1. The fourth-order valence-electron chi connectivity index (χ4n) is 2.78. The van der Waals surface area contributed by atoms with Crippen LogP contribution in [0.2, 0.25) is 0 Å². The maximum absolute atomic E-state index is 12.2. The Morgan fingerprint density at radius 3 is 2.62 bits per heavy atom. The first kappa shape index (κ1) is 17.9. The zero-order valence-electron chi connectivity index (χ0n) is 15.0. The predicted octanol–water partition coefficient (Wildman–Crippen LogP) is 4.41. The Morgan fingerprint density at radius 2 is 1.88 bits per heavy atom. The number of fused-ring (bicyclic) bond motifs is 1. The molecule has 1 amide bonds. The van der Waals surface area contributed by atoms with E-state index in [1.807, 2.05) is 25.1 Å². The van der Waals surface area contributed by atoms with Crippen molar-refractivity contribution in [2.24, 2.45) is 4.99 Å². The SMILES string of the molecule is CCCCCOC(=O)c1ccc(N=C2C(=O)Nc3ccc(C)cc32)cc1. The number of unbranched alkanes of at least 4 members (excludes halogenated alkanes) is 2. The predicted molar refractivity (Wildman–Crippen MR) is 102 cm³/mol. The van der Waals surface area contributed by atoms with E-state index in [4.69, 9.17) is 4.74 Å². The summed E-state index contributed by atoms with van der Waals surface area (Å²) in [5.41, 5.74) is 4.12. The number of carbonyl (C=O) groups excluding carboxylic acids is 2. The number of ether oxygens (including phenoxy) is 1. The van der Waals surface area contributed by atoms with Crippen LogP contribution in [0.25, 0.3) is 0 Å². The minimum Gasteiger partial charge on any atom is -0.462 e. The summed E-state index contributed by atoms with van der Waals surface area (Å²) in [6.07, 6.45) is 3.01. The van der Waals surface area contributed by atoms with Gasteiger partial charge >= 0.3 is 5.97 Å². The second kappa shape index (κ2) is 7.95. The number of benzene rings is 2. The van der Waals surface area contributed by atoms with Crippen molar-refractivity contribution in [1.82, 2.24) is 0 Å². The number of carbonyl (C=O) groups is 2. The van der Waals surface area contributed by atoms with E-state index >= 15 is 0 Å². The average molecular weight is 350 g/mol. The number of nitrogens with one attached hydrogen (secondary N) is 1. The zero-order chi connectivity index (χ0) is 18.5. The normalized spacial score (nSPS) is 14.2. The molecule has 0 fully saturated rings. The first-order valence-electron chi connectivity index (χ1n) is 8.86. The zero-order valence-corrected chi connectivity index (χ0v) is 15.0. The van der Waals surface area contributed by atoms with Gasteiger partial charge in [-0.1, -0.05) is 31.4 Å². The van der Waals surface area contributed by atoms with Gasteiger partial charge in [0.25, 0.3) is 5.91 Å². The number of hydrogen-bond acceptors (Lipinski definition) is 4. The number of rotatable bonds is 6. The Kier molecular flexibility index (Phi) is 5.46. The minimum absolute atomic E-state index is 0.218. The molecule has 0 aliphatic carbocycles. The van der Waals surface area contributed by atoms with E-state index in [1.54, 1.807) is 24.3 Å². The molecule has 5 nitrogen and oxygen atoms in total. The van der Waals surface area contributed by atoms with E-state index in [1.165, 1.54) is 0 Å². The smallest absolute Gasteiger partial charge is 0.338 e. The van der Waals surface area contributed by atoms with Crippen LogP contribution in [0.5, 0.6) is 0 Å². The molecule has 0 saturated carbocycles. The van der Waals surface area contributed by atoms with Gasteiger partial charge in [0, 0.05) is 5.56 Å². The average Bonchev–Trinajstić information content (AvgIpc) is 2.94. The highest BCUT2D eigenvalue weighted by atomic mass is 16.5. The monoisotopic (exact) mass is 350 g/mol. The second-order valence-corrected chi connectivity index (χ2v) is 6.35. The molecule has 0 spiro atoms. The molecule has 3 rings (SSSR count). The molecule has 0 atom stereocenters. The highest BCUT2D eigenvalue weighted by Crippen LogP contribution is 2.26. The van der Waals surface area contributed by atoms with Gasteiger partial charge in [-0.05, 0) is 49.7 Å². The van der Waals surface area contributed by atoms with Gasteiger partial charge in [-0.2, -0.15) is 0 Å².